The Balaban J connectivity index is 2.74. The van der Waals surface area contributed by atoms with E-state index in [2.05, 4.69) is 5.32 Å². The Morgan fingerprint density at radius 2 is 2.28 bits per heavy atom. The molecule has 1 rings (SSSR count). The summed E-state index contributed by atoms with van der Waals surface area (Å²) in [5.41, 5.74) is 1.44. The van der Waals surface area contributed by atoms with Gasteiger partial charge in [0, 0.05) is 0 Å². The first-order valence-electron chi connectivity index (χ1n) is 5.87. The van der Waals surface area contributed by atoms with Gasteiger partial charge in [0.2, 0.25) is 0 Å². The number of hydrogen-bond donors (Lipinski definition) is 2. The Kier molecular flexibility index (Phi) is 5.89. The molecule has 0 radical (unpaired) electrons. The van der Waals surface area contributed by atoms with Crippen molar-refractivity contribution in [2.75, 3.05) is 6.61 Å². The number of aliphatic hydroxyl groups excluding tert-OH is 1. The summed E-state index contributed by atoms with van der Waals surface area (Å²) < 4.78 is 0. The van der Waals surface area contributed by atoms with Crippen LogP contribution >= 0.6 is 11.6 Å². The highest BCUT2D eigenvalue weighted by Crippen LogP contribution is 2.17. The second-order valence-corrected chi connectivity index (χ2v) is 4.55. The van der Waals surface area contributed by atoms with Gasteiger partial charge in [-0.2, -0.15) is 0 Å². The zero-order chi connectivity index (χ0) is 13.5. The van der Waals surface area contributed by atoms with Crippen LogP contribution < -0.4 is 5.32 Å². The maximum Gasteiger partial charge on any atom is 0.253 e. The summed E-state index contributed by atoms with van der Waals surface area (Å²) in [6.45, 7) is 3.71. The van der Waals surface area contributed by atoms with E-state index < -0.39 is 0 Å². The molecule has 1 aromatic rings. The largest absolute Gasteiger partial charge is 0.394 e. The number of rotatable bonds is 5. The van der Waals surface area contributed by atoms with Gasteiger partial charge >= 0.3 is 0 Å². The Morgan fingerprint density at radius 3 is 2.83 bits per heavy atom. The fourth-order valence-electron chi connectivity index (χ4n) is 1.55. The first kappa shape index (κ1) is 14.7. The number of hydrogen-bond acceptors (Lipinski definition) is 2. The average molecular weight is 268 g/mol. The van der Waals surface area contributed by atoms with Crippen LogP contribution in [-0.4, -0.2) is 23.7 Å². The summed E-state index contributed by atoms with van der Waals surface area (Å²) in [6.07, 6.45) is 4.38. The molecule has 0 bridgehead atoms. The molecule has 1 atom stereocenters. The van der Waals surface area contributed by atoms with Crippen LogP contribution in [0.4, 0.5) is 0 Å². The number of aliphatic hydroxyl groups is 1. The number of carbonyl (C=O) groups is 1. The van der Waals surface area contributed by atoms with Crippen molar-refractivity contribution in [3.63, 3.8) is 0 Å². The molecule has 18 heavy (non-hydrogen) atoms. The first-order chi connectivity index (χ1) is 8.58. The molecule has 0 aliphatic heterocycles. The zero-order valence-electron chi connectivity index (χ0n) is 10.6. The third-order valence-corrected chi connectivity index (χ3v) is 2.89. The van der Waals surface area contributed by atoms with Gasteiger partial charge in [0.25, 0.3) is 5.91 Å². The third-order valence-electron chi connectivity index (χ3n) is 2.58. The molecule has 0 unspecified atom stereocenters. The lowest BCUT2D eigenvalue weighted by Gasteiger charge is -2.15. The number of nitrogens with one attached hydrogen (secondary N) is 1. The van der Waals surface area contributed by atoms with E-state index in [9.17, 15) is 9.90 Å². The van der Waals surface area contributed by atoms with Gasteiger partial charge in [-0.15, -0.1) is 0 Å². The number of aryl methyl sites for hydroxylation is 1. The van der Waals surface area contributed by atoms with Crippen molar-refractivity contribution < 1.29 is 9.90 Å². The van der Waals surface area contributed by atoms with Gasteiger partial charge in [0.05, 0.1) is 23.2 Å². The van der Waals surface area contributed by atoms with E-state index in [0.717, 1.165) is 5.56 Å². The van der Waals surface area contributed by atoms with Crippen LogP contribution in [0.25, 0.3) is 0 Å². The molecule has 2 N–H and O–H groups in total. The SMILES string of the molecule is C/C=C/C[C@H](CO)NC(=O)c1ccc(C)cc1Cl. The van der Waals surface area contributed by atoms with E-state index in [4.69, 9.17) is 11.6 Å². The first-order valence-corrected chi connectivity index (χ1v) is 6.25. The molecular formula is C14H18ClNO2. The van der Waals surface area contributed by atoms with E-state index in [1.165, 1.54) is 0 Å². The normalized spacial score (nSPS) is 12.7. The summed E-state index contributed by atoms with van der Waals surface area (Å²) in [4.78, 5) is 12.0. The molecule has 0 saturated heterocycles. The molecule has 1 aromatic carbocycles. The molecule has 0 spiro atoms. The Hall–Kier alpha value is -1.32. The number of carbonyl (C=O) groups excluding carboxylic acids is 1. The van der Waals surface area contributed by atoms with Crippen molar-refractivity contribution in [3.8, 4) is 0 Å². The minimum atomic E-state index is -0.286. The van der Waals surface area contributed by atoms with Gasteiger partial charge in [-0.3, -0.25) is 4.79 Å². The monoisotopic (exact) mass is 267 g/mol. The predicted molar refractivity (Wildman–Crippen MR) is 74.0 cm³/mol. The molecule has 0 fully saturated rings. The van der Waals surface area contributed by atoms with Crippen molar-refractivity contribution in [2.45, 2.75) is 26.3 Å². The summed E-state index contributed by atoms with van der Waals surface area (Å²) in [6, 6.07) is 4.99. The number of halogens is 1. The van der Waals surface area contributed by atoms with Crippen LogP contribution in [0.1, 0.15) is 29.3 Å². The smallest absolute Gasteiger partial charge is 0.253 e. The van der Waals surface area contributed by atoms with Crippen molar-refractivity contribution in [3.05, 3.63) is 46.5 Å². The van der Waals surface area contributed by atoms with Gasteiger partial charge in [-0.1, -0.05) is 29.8 Å². The number of allylic oxidation sites excluding steroid dienone is 1. The molecule has 0 heterocycles. The van der Waals surface area contributed by atoms with Gasteiger partial charge < -0.3 is 10.4 Å². The predicted octanol–water partition coefficient (Wildman–Crippen LogP) is 2.71. The second-order valence-electron chi connectivity index (χ2n) is 4.14. The average Bonchev–Trinajstić information content (AvgIpc) is 2.34. The maximum absolute atomic E-state index is 12.0. The molecule has 0 saturated carbocycles. The third kappa shape index (κ3) is 4.17. The molecule has 3 nitrogen and oxygen atoms in total. The van der Waals surface area contributed by atoms with Crippen LogP contribution in [0.3, 0.4) is 0 Å². The second kappa shape index (κ2) is 7.19. The minimum Gasteiger partial charge on any atom is -0.394 e. The lowest BCUT2D eigenvalue weighted by atomic mass is 10.1. The fourth-order valence-corrected chi connectivity index (χ4v) is 1.87. The van der Waals surface area contributed by atoms with Crippen LogP contribution in [0.2, 0.25) is 5.02 Å². The van der Waals surface area contributed by atoms with Gasteiger partial charge in [0.1, 0.15) is 0 Å². The lowest BCUT2D eigenvalue weighted by molar-refractivity contribution is 0.0917. The summed E-state index contributed by atoms with van der Waals surface area (Å²) >= 11 is 6.02. The molecule has 0 aliphatic carbocycles. The molecule has 4 heteroatoms. The Labute approximate surface area is 112 Å². The van der Waals surface area contributed by atoms with E-state index in [0.29, 0.717) is 17.0 Å². The molecular weight excluding hydrogens is 250 g/mol. The Bertz CT molecular complexity index is 443. The van der Waals surface area contributed by atoms with E-state index in [1.807, 2.05) is 32.1 Å². The van der Waals surface area contributed by atoms with E-state index in [1.54, 1.807) is 12.1 Å². The van der Waals surface area contributed by atoms with E-state index in [-0.39, 0.29) is 18.6 Å². The van der Waals surface area contributed by atoms with Gasteiger partial charge in [0.15, 0.2) is 0 Å². The van der Waals surface area contributed by atoms with Crippen LogP contribution in [-0.2, 0) is 0 Å². The summed E-state index contributed by atoms with van der Waals surface area (Å²) in [7, 11) is 0. The number of benzene rings is 1. The fraction of sp³-hybridized carbons (Fsp3) is 0.357. The number of amides is 1. The summed E-state index contributed by atoms with van der Waals surface area (Å²) in [5.74, 6) is -0.261. The van der Waals surface area contributed by atoms with Crippen molar-refractivity contribution in [2.24, 2.45) is 0 Å². The van der Waals surface area contributed by atoms with Gasteiger partial charge in [-0.05, 0) is 38.0 Å². The standard InChI is InChI=1S/C14H18ClNO2/c1-3-4-5-11(9-17)16-14(18)12-7-6-10(2)8-13(12)15/h3-4,6-8,11,17H,5,9H2,1-2H3,(H,16,18)/b4-3+/t11-/m1/s1. The highest BCUT2D eigenvalue weighted by molar-refractivity contribution is 6.33. The lowest BCUT2D eigenvalue weighted by Crippen LogP contribution is -2.37. The van der Waals surface area contributed by atoms with E-state index >= 15 is 0 Å². The minimum absolute atomic E-state index is 0.0977. The molecule has 1 amide bonds. The molecule has 0 aromatic heterocycles. The topological polar surface area (TPSA) is 49.3 Å². The van der Waals surface area contributed by atoms with Crippen LogP contribution in [0, 0.1) is 6.92 Å². The highest BCUT2D eigenvalue weighted by Gasteiger charge is 2.14. The maximum atomic E-state index is 12.0. The van der Waals surface area contributed by atoms with Crippen LogP contribution in [0.15, 0.2) is 30.4 Å². The highest BCUT2D eigenvalue weighted by atomic mass is 35.5. The van der Waals surface area contributed by atoms with Crippen molar-refractivity contribution >= 4 is 17.5 Å². The quantitative estimate of drug-likeness (QED) is 0.806. The molecule has 98 valence electrons. The van der Waals surface area contributed by atoms with Crippen molar-refractivity contribution in [1.29, 1.82) is 0 Å². The summed E-state index contributed by atoms with van der Waals surface area (Å²) in [5, 5.41) is 12.4. The Morgan fingerprint density at radius 1 is 1.56 bits per heavy atom. The van der Waals surface area contributed by atoms with Crippen LogP contribution in [0.5, 0.6) is 0 Å². The zero-order valence-corrected chi connectivity index (χ0v) is 11.4. The van der Waals surface area contributed by atoms with Crippen molar-refractivity contribution in [1.82, 2.24) is 5.32 Å². The molecule has 0 aliphatic rings. The van der Waals surface area contributed by atoms with Gasteiger partial charge in [-0.25, -0.2) is 0 Å².